The topological polar surface area (TPSA) is 99.8 Å². The zero-order valence-corrected chi connectivity index (χ0v) is 24.7. The molecule has 0 bridgehead atoms. The van der Waals surface area contributed by atoms with Crippen molar-refractivity contribution in [2.45, 2.75) is 83.0 Å². The lowest BCUT2D eigenvalue weighted by atomic mass is 9.77. The van der Waals surface area contributed by atoms with E-state index in [1.54, 1.807) is 26.1 Å². The maximum absolute atomic E-state index is 13.7. The van der Waals surface area contributed by atoms with E-state index in [0.29, 0.717) is 31.5 Å². The summed E-state index contributed by atoms with van der Waals surface area (Å²) in [5, 5.41) is 9.32. The molecule has 0 unspecified atom stereocenters. The second-order valence-electron chi connectivity index (χ2n) is 11.9. The van der Waals surface area contributed by atoms with Crippen molar-refractivity contribution < 1.29 is 23.5 Å². The van der Waals surface area contributed by atoms with Crippen LogP contribution in [0, 0.1) is 11.7 Å². The van der Waals surface area contributed by atoms with Gasteiger partial charge in [0, 0.05) is 25.6 Å². The van der Waals surface area contributed by atoms with Gasteiger partial charge in [-0.05, 0) is 74.8 Å². The molecule has 8 nitrogen and oxygen atoms in total. The number of rotatable bonds is 3. The molecular formula is C32H43FN4O4. The number of halogens is 1. The highest BCUT2D eigenvalue weighted by molar-refractivity contribution is 5.93. The van der Waals surface area contributed by atoms with Gasteiger partial charge in [0.2, 0.25) is 17.7 Å². The van der Waals surface area contributed by atoms with Gasteiger partial charge in [-0.2, -0.15) is 0 Å². The van der Waals surface area contributed by atoms with E-state index < -0.39 is 29.4 Å². The molecule has 41 heavy (non-hydrogen) atoms. The molecule has 4 rings (SSSR count). The fourth-order valence-corrected chi connectivity index (χ4v) is 5.32. The maximum atomic E-state index is 13.7. The fourth-order valence-electron chi connectivity index (χ4n) is 5.32. The zero-order valence-electron chi connectivity index (χ0n) is 24.7. The van der Waals surface area contributed by atoms with E-state index in [4.69, 9.17) is 4.74 Å². The first-order valence-electron chi connectivity index (χ1n) is 14.6. The molecule has 3 N–H and O–H groups in total. The standard InChI is InChI=1S/C32H43FN4O4/c1-20-19-35-27(23-12-13-23)31(40)37(5)21(2)29(38)36-28(32(3,4)24-14-16-25(33)17-15-24)30(39)34-18-8-10-22-9-6-7-11-26(22)41-20/h6-7,9,11,14-17,20-21,23,27-28,35H,8,10,12-13,18-19H2,1-5H3,(H,34,39)(H,36,38)/t20-,21-,27+,28+/m1/s1. The second-order valence-corrected chi connectivity index (χ2v) is 11.9. The molecule has 1 saturated carbocycles. The van der Waals surface area contributed by atoms with Crippen LogP contribution in [0.15, 0.2) is 48.5 Å². The monoisotopic (exact) mass is 566 g/mol. The molecular weight excluding hydrogens is 523 g/mol. The molecule has 3 amide bonds. The average molecular weight is 567 g/mol. The van der Waals surface area contributed by atoms with Gasteiger partial charge in [-0.25, -0.2) is 4.39 Å². The lowest BCUT2D eigenvalue weighted by Crippen LogP contribution is -2.60. The second kappa shape index (κ2) is 13.0. The number of fused-ring (bicyclic) bond motifs is 1. The Morgan fingerprint density at radius 1 is 0.976 bits per heavy atom. The van der Waals surface area contributed by atoms with Crippen LogP contribution in [-0.2, 0) is 26.2 Å². The van der Waals surface area contributed by atoms with E-state index in [-0.39, 0.29) is 29.7 Å². The number of para-hydroxylation sites is 1. The number of hydrogen-bond donors (Lipinski definition) is 3. The van der Waals surface area contributed by atoms with Crippen LogP contribution in [0.5, 0.6) is 5.75 Å². The van der Waals surface area contributed by atoms with Gasteiger partial charge >= 0.3 is 0 Å². The normalized spacial score (nSPS) is 25.7. The Kier molecular flexibility index (Phi) is 9.68. The summed E-state index contributed by atoms with van der Waals surface area (Å²) in [6, 6.07) is 11.6. The van der Waals surface area contributed by atoms with Crippen LogP contribution in [0.25, 0.3) is 0 Å². The molecule has 2 aliphatic rings. The first-order valence-corrected chi connectivity index (χ1v) is 14.6. The molecule has 0 spiro atoms. The van der Waals surface area contributed by atoms with E-state index >= 15 is 0 Å². The van der Waals surface area contributed by atoms with Gasteiger partial charge in [-0.1, -0.05) is 44.2 Å². The first kappa shape index (κ1) is 30.5. The van der Waals surface area contributed by atoms with Gasteiger partial charge < -0.3 is 25.6 Å². The summed E-state index contributed by atoms with van der Waals surface area (Å²) in [7, 11) is 1.62. The van der Waals surface area contributed by atoms with Crippen molar-refractivity contribution in [2.24, 2.45) is 5.92 Å². The van der Waals surface area contributed by atoms with E-state index in [1.807, 2.05) is 45.0 Å². The van der Waals surface area contributed by atoms with Crippen LogP contribution in [0.1, 0.15) is 58.1 Å². The van der Waals surface area contributed by atoms with Crippen LogP contribution in [-0.4, -0.2) is 67.0 Å². The highest BCUT2D eigenvalue weighted by atomic mass is 19.1. The lowest BCUT2D eigenvalue weighted by molar-refractivity contribution is -0.141. The van der Waals surface area contributed by atoms with Crippen LogP contribution < -0.4 is 20.7 Å². The molecule has 1 aliphatic carbocycles. The first-order chi connectivity index (χ1) is 19.5. The van der Waals surface area contributed by atoms with Crippen LogP contribution in [0.4, 0.5) is 4.39 Å². The largest absolute Gasteiger partial charge is 0.489 e. The van der Waals surface area contributed by atoms with Gasteiger partial charge in [-0.15, -0.1) is 0 Å². The van der Waals surface area contributed by atoms with E-state index in [9.17, 15) is 18.8 Å². The van der Waals surface area contributed by atoms with Crippen molar-refractivity contribution in [3.63, 3.8) is 0 Å². The number of ether oxygens (including phenoxy) is 1. The summed E-state index contributed by atoms with van der Waals surface area (Å²) in [6.07, 6.45) is 3.09. The number of benzene rings is 2. The maximum Gasteiger partial charge on any atom is 0.243 e. The minimum Gasteiger partial charge on any atom is -0.489 e. The Hall–Kier alpha value is -3.46. The van der Waals surface area contributed by atoms with Crippen LogP contribution >= 0.6 is 0 Å². The molecule has 2 aromatic rings. The number of likely N-dealkylation sites (N-methyl/N-ethyl adjacent to an activating group) is 1. The number of nitrogens with zero attached hydrogens (tertiary/aromatic N) is 1. The summed E-state index contributed by atoms with van der Waals surface area (Å²) >= 11 is 0. The predicted molar refractivity (Wildman–Crippen MR) is 156 cm³/mol. The smallest absolute Gasteiger partial charge is 0.243 e. The van der Waals surface area contributed by atoms with Gasteiger partial charge in [0.05, 0.1) is 6.04 Å². The Labute approximate surface area is 242 Å². The number of carbonyl (C=O) groups excluding carboxylic acids is 3. The molecule has 1 fully saturated rings. The third-order valence-electron chi connectivity index (χ3n) is 8.37. The highest BCUT2D eigenvalue weighted by Crippen LogP contribution is 2.34. The molecule has 0 saturated heterocycles. The van der Waals surface area contributed by atoms with Gasteiger partial charge in [0.25, 0.3) is 0 Å². The number of hydrogen-bond acceptors (Lipinski definition) is 5. The molecule has 1 heterocycles. The van der Waals surface area contributed by atoms with Crippen molar-refractivity contribution >= 4 is 17.7 Å². The number of carbonyl (C=O) groups is 3. The minimum atomic E-state index is -0.959. The van der Waals surface area contributed by atoms with E-state index in [1.165, 1.54) is 17.0 Å². The third-order valence-corrected chi connectivity index (χ3v) is 8.37. The Morgan fingerprint density at radius 2 is 1.66 bits per heavy atom. The predicted octanol–water partition coefficient (Wildman–Crippen LogP) is 3.33. The van der Waals surface area contributed by atoms with Crippen molar-refractivity contribution in [3.05, 3.63) is 65.5 Å². The Bertz CT molecular complexity index is 1230. The molecule has 2 aromatic carbocycles. The zero-order chi connectivity index (χ0) is 29.7. The van der Waals surface area contributed by atoms with Crippen molar-refractivity contribution in [1.29, 1.82) is 0 Å². The van der Waals surface area contributed by atoms with Gasteiger partial charge in [0.15, 0.2) is 0 Å². The average Bonchev–Trinajstić information content (AvgIpc) is 3.79. The summed E-state index contributed by atoms with van der Waals surface area (Å²) in [6.45, 7) is 8.21. The molecule has 0 aromatic heterocycles. The van der Waals surface area contributed by atoms with Crippen molar-refractivity contribution in [1.82, 2.24) is 20.9 Å². The van der Waals surface area contributed by atoms with E-state index in [0.717, 1.165) is 24.2 Å². The number of nitrogens with one attached hydrogen (secondary N) is 3. The minimum absolute atomic E-state index is 0.164. The third kappa shape index (κ3) is 7.44. The molecule has 222 valence electrons. The van der Waals surface area contributed by atoms with Crippen LogP contribution in [0.2, 0.25) is 0 Å². The summed E-state index contributed by atoms with van der Waals surface area (Å²) in [4.78, 5) is 42.2. The molecule has 1 aliphatic heterocycles. The van der Waals surface area contributed by atoms with Crippen molar-refractivity contribution in [3.8, 4) is 5.75 Å². The fraction of sp³-hybridized carbons (Fsp3) is 0.531. The quantitative estimate of drug-likeness (QED) is 0.530. The summed E-state index contributed by atoms with van der Waals surface area (Å²) in [5.41, 5.74) is 0.872. The molecule has 4 atom stereocenters. The van der Waals surface area contributed by atoms with Gasteiger partial charge in [-0.3, -0.25) is 14.4 Å². The highest BCUT2D eigenvalue weighted by Gasteiger charge is 2.42. The lowest BCUT2D eigenvalue weighted by Gasteiger charge is -2.36. The molecule has 9 heteroatoms. The number of amides is 3. The number of aryl methyl sites for hydroxylation is 1. The molecule has 0 radical (unpaired) electrons. The van der Waals surface area contributed by atoms with Gasteiger partial charge in [0.1, 0.15) is 29.8 Å². The Balaban J connectivity index is 1.63. The van der Waals surface area contributed by atoms with E-state index in [2.05, 4.69) is 16.0 Å². The van der Waals surface area contributed by atoms with Crippen molar-refractivity contribution in [2.75, 3.05) is 20.1 Å². The summed E-state index contributed by atoms with van der Waals surface area (Å²) < 4.78 is 20.0. The summed E-state index contributed by atoms with van der Waals surface area (Å²) in [5.74, 6) is -0.321. The Morgan fingerprint density at radius 3 is 2.34 bits per heavy atom. The van der Waals surface area contributed by atoms with Crippen LogP contribution in [0.3, 0.4) is 0 Å². The SMILES string of the molecule is C[C@@H]1CN[C@@H](C2CC2)C(=O)N(C)[C@H](C)C(=O)N[C@H](C(C)(C)c2ccc(F)cc2)C(=O)NCCCc2ccccc2O1.